The topological polar surface area (TPSA) is 20.2 Å². The fraction of sp³-hybridized carbons (Fsp3) is 0.571. The lowest BCUT2D eigenvalue weighted by atomic mass is 10.1. The molecule has 1 aromatic rings. The summed E-state index contributed by atoms with van der Waals surface area (Å²) in [6, 6.07) is 4.97. The maximum Gasteiger partial charge on any atom is 0.416 e. The monoisotopic (exact) mass is 290 g/mol. The maximum absolute atomic E-state index is 12.6. The van der Waals surface area contributed by atoms with Crippen molar-refractivity contribution in [1.29, 1.82) is 0 Å². The number of hydrogen-bond donors (Lipinski definition) is 1. The number of rotatable bonds is 4. The molecular weight excluding hydrogens is 273 g/mol. The first-order chi connectivity index (χ1) is 8.97. The fourth-order valence-corrected chi connectivity index (χ4v) is 3.61. The number of aliphatic hydroxyl groups excluding tert-OH is 1. The highest BCUT2D eigenvalue weighted by molar-refractivity contribution is 7.99. The second-order valence-electron chi connectivity index (χ2n) is 4.88. The summed E-state index contributed by atoms with van der Waals surface area (Å²) in [6.07, 6.45) is -0.434. The van der Waals surface area contributed by atoms with Crippen LogP contribution in [0.5, 0.6) is 0 Å². The van der Waals surface area contributed by atoms with Crippen LogP contribution in [-0.2, 0) is 6.18 Å². The summed E-state index contributed by atoms with van der Waals surface area (Å²) in [4.78, 5) is 0. The quantitative estimate of drug-likeness (QED) is 0.886. The van der Waals surface area contributed by atoms with Gasteiger partial charge in [0.2, 0.25) is 0 Å². The Balaban J connectivity index is 1.96. The molecule has 0 heterocycles. The maximum atomic E-state index is 12.6. The zero-order chi connectivity index (χ0) is 13.9. The van der Waals surface area contributed by atoms with Crippen LogP contribution < -0.4 is 0 Å². The number of aliphatic hydroxyl groups is 1. The molecule has 2 rings (SSSR count). The highest BCUT2D eigenvalue weighted by Gasteiger charge is 2.30. The molecule has 1 atom stereocenters. The van der Waals surface area contributed by atoms with Crippen molar-refractivity contribution in [2.45, 2.75) is 43.2 Å². The minimum atomic E-state index is -4.35. The van der Waals surface area contributed by atoms with E-state index < -0.39 is 17.8 Å². The molecule has 106 valence electrons. The first-order valence-electron chi connectivity index (χ1n) is 6.43. The minimum absolute atomic E-state index is 0.348. The number of hydrogen-bond acceptors (Lipinski definition) is 2. The Morgan fingerprint density at radius 2 is 1.95 bits per heavy atom. The number of alkyl halides is 3. The van der Waals surface area contributed by atoms with Gasteiger partial charge < -0.3 is 5.11 Å². The zero-order valence-corrected chi connectivity index (χ0v) is 11.3. The Morgan fingerprint density at radius 1 is 1.26 bits per heavy atom. The van der Waals surface area contributed by atoms with E-state index in [1.807, 2.05) is 0 Å². The second kappa shape index (κ2) is 6.18. The Kier molecular flexibility index (Phi) is 4.79. The average Bonchev–Trinajstić information content (AvgIpc) is 2.88. The van der Waals surface area contributed by atoms with Crippen LogP contribution in [0.25, 0.3) is 0 Å². The Bertz CT molecular complexity index is 413. The van der Waals surface area contributed by atoms with E-state index in [1.165, 1.54) is 18.9 Å². The summed E-state index contributed by atoms with van der Waals surface area (Å²) in [6.45, 7) is 0. The summed E-state index contributed by atoms with van der Waals surface area (Å²) in [5.74, 6) is 0.464. The van der Waals surface area contributed by atoms with Gasteiger partial charge in [-0.1, -0.05) is 25.0 Å². The van der Waals surface area contributed by atoms with Crippen molar-refractivity contribution < 1.29 is 18.3 Å². The van der Waals surface area contributed by atoms with Crippen LogP contribution in [0.2, 0.25) is 0 Å². The van der Waals surface area contributed by atoms with E-state index in [0.29, 0.717) is 16.6 Å². The van der Waals surface area contributed by atoms with Gasteiger partial charge in [-0.2, -0.15) is 24.9 Å². The van der Waals surface area contributed by atoms with Gasteiger partial charge in [0.05, 0.1) is 11.7 Å². The van der Waals surface area contributed by atoms with Gasteiger partial charge in [0, 0.05) is 11.0 Å². The van der Waals surface area contributed by atoms with Gasteiger partial charge >= 0.3 is 6.18 Å². The van der Waals surface area contributed by atoms with Crippen molar-refractivity contribution in [1.82, 2.24) is 0 Å². The Labute approximate surface area is 115 Å². The number of thioether (sulfide) groups is 1. The van der Waals surface area contributed by atoms with Gasteiger partial charge in [-0.05, 0) is 30.5 Å². The number of benzene rings is 1. The minimum Gasteiger partial charge on any atom is -0.388 e. The molecule has 0 spiro atoms. The molecule has 0 bridgehead atoms. The Hall–Kier alpha value is -0.680. The summed E-state index contributed by atoms with van der Waals surface area (Å²) in [5.41, 5.74) is -0.352. The van der Waals surface area contributed by atoms with E-state index in [1.54, 1.807) is 17.8 Å². The molecule has 0 aromatic heterocycles. The van der Waals surface area contributed by atoms with E-state index in [2.05, 4.69) is 0 Å². The standard InChI is InChI=1S/C14H17F3OS/c15-14(16,17)11-5-3-4-10(8-11)13(18)9-19-12-6-1-2-7-12/h3-5,8,12-13,18H,1-2,6-7,9H2. The molecule has 19 heavy (non-hydrogen) atoms. The lowest BCUT2D eigenvalue weighted by Gasteiger charge is -2.15. The van der Waals surface area contributed by atoms with Crippen molar-refractivity contribution >= 4 is 11.8 Å². The lowest BCUT2D eigenvalue weighted by Crippen LogP contribution is -2.09. The van der Waals surface area contributed by atoms with E-state index in [-0.39, 0.29) is 0 Å². The molecule has 0 amide bonds. The van der Waals surface area contributed by atoms with Gasteiger partial charge in [0.15, 0.2) is 0 Å². The van der Waals surface area contributed by atoms with Gasteiger partial charge in [-0.3, -0.25) is 0 Å². The third kappa shape index (κ3) is 4.14. The summed E-state index contributed by atoms with van der Waals surface area (Å²) in [7, 11) is 0. The molecule has 5 heteroatoms. The first-order valence-corrected chi connectivity index (χ1v) is 7.48. The molecule has 1 fully saturated rings. The largest absolute Gasteiger partial charge is 0.416 e. The molecule has 1 aliphatic carbocycles. The first kappa shape index (κ1) is 14.7. The highest BCUT2D eigenvalue weighted by atomic mass is 32.2. The van der Waals surface area contributed by atoms with E-state index in [9.17, 15) is 18.3 Å². The van der Waals surface area contributed by atoms with Gasteiger partial charge in [0.1, 0.15) is 0 Å². The third-order valence-corrected chi connectivity index (χ3v) is 4.84. The van der Waals surface area contributed by atoms with E-state index >= 15 is 0 Å². The molecule has 0 aliphatic heterocycles. The van der Waals surface area contributed by atoms with Gasteiger partial charge in [0.25, 0.3) is 0 Å². The Morgan fingerprint density at radius 3 is 2.58 bits per heavy atom. The van der Waals surface area contributed by atoms with Gasteiger partial charge in [-0.25, -0.2) is 0 Å². The fourth-order valence-electron chi connectivity index (χ4n) is 2.30. The molecule has 1 nitrogen and oxygen atoms in total. The summed E-state index contributed by atoms with van der Waals surface area (Å²) >= 11 is 1.67. The van der Waals surface area contributed by atoms with Crippen molar-refractivity contribution in [3.05, 3.63) is 35.4 Å². The second-order valence-corrected chi connectivity index (χ2v) is 6.21. The van der Waals surface area contributed by atoms with E-state index in [0.717, 1.165) is 25.0 Å². The van der Waals surface area contributed by atoms with Crippen molar-refractivity contribution in [2.24, 2.45) is 0 Å². The van der Waals surface area contributed by atoms with E-state index in [4.69, 9.17) is 0 Å². The highest BCUT2D eigenvalue weighted by Crippen LogP contribution is 2.34. The molecule has 0 saturated heterocycles. The molecular formula is C14H17F3OS. The average molecular weight is 290 g/mol. The van der Waals surface area contributed by atoms with Crippen LogP contribution in [0.1, 0.15) is 42.9 Å². The van der Waals surface area contributed by atoms with Crippen LogP contribution in [0.4, 0.5) is 13.2 Å². The van der Waals surface area contributed by atoms with Crippen LogP contribution in [0.3, 0.4) is 0 Å². The lowest BCUT2D eigenvalue weighted by molar-refractivity contribution is -0.137. The van der Waals surface area contributed by atoms with Crippen LogP contribution >= 0.6 is 11.8 Å². The predicted octanol–water partition coefficient (Wildman–Crippen LogP) is 4.41. The SMILES string of the molecule is OC(CSC1CCCC1)c1cccc(C(F)(F)F)c1. The smallest absolute Gasteiger partial charge is 0.388 e. The molecule has 1 aliphatic rings. The molecule has 0 radical (unpaired) electrons. The van der Waals surface area contributed by atoms with Crippen LogP contribution in [0, 0.1) is 0 Å². The predicted molar refractivity (Wildman–Crippen MR) is 71.1 cm³/mol. The van der Waals surface area contributed by atoms with Crippen molar-refractivity contribution in [3.8, 4) is 0 Å². The van der Waals surface area contributed by atoms with Crippen molar-refractivity contribution in [2.75, 3.05) is 5.75 Å². The molecule has 1 unspecified atom stereocenters. The normalized spacial score (nSPS) is 18.7. The van der Waals surface area contributed by atoms with Crippen LogP contribution in [-0.4, -0.2) is 16.1 Å². The molecule has 1 aromatic carbocycles. The zero-order valence-electron chi connectivity index (χ0n) is 10.5. The summed E-state index contributed by atoms with van der Waals surface area (Å²) in [5, 5.41) is 10.5. The van der Waals surface area contributed by atoms with Crippen molar-refractivity contribution in [3.63, 3.8) is 0 Å². The molecule has 1 saturated carbocycles. The molecule has 1 N–H and O–H groups in total. The number of halogens is 3. The third-order valence-electron chi connectivity index (χ3n) is 3.39. The van der Waals surface area contributed by atoms with Gasteiger partial charge in [-0.15, -0.1) is 0 Å². The summed E-state index contributed by atoms with van der Waals surface area (Å²) < 4.78 is 37.7. The van der Waals surface area contributed by atoms with Crippen LogP contribution in [0.15, 0.2) is 24.3 Å².